The van der Waals surface area contributed by atoms with Crippen molar-refractivity contribution in [3.05, 3.63) is 49.5 Å². The van der Waals surface area contributed by atoms with E-state index in [1.165, 1.54) is 0 Å². The number of fused-ring (bicyclic) bond motifs is 3. The molecule has 0 saturated carbocycles. The minimum atomic E-state index is -2.49. The molecule has 5 N–H and O–H groups in total. The molecule has 3 aliphatic rings. The first-order valence-corrected chi connectivity index (χ1v) is 11.6. The van der Waals surface area contributed by atoms with Gasteiger partial charge in [-0.3, -0.25) is 14.4 Å². The van der Waals surface area contributed by atoms with Crippen LogP contribution in [0.4, 0.5) is 0 Å². The summed E-state index contributed by atoms with van der Waals surface area (Å²) in [5, 5.41) is 32.5. The second-order valence-electron chi connectivity index (χ2n) is 8.51. The second-order valence-corrected chi connectivity index (χ2v) is 9.67. The van der Waals surface area contributed by atoms with Gasteiger partial charge < -0.3 is 25.8 Å². The number of benzene rings is 1. The lowest BCUT2D eigenvalue weighted by Crippen LogP contribution is -2.57. The van der Waals surface area contributed by atoms with Crippen molar-refractivity contribution >= 4 is 40.1 Å². The Kier molecular flexibility index (Phi) is 5.83. The van der Waals surface area contributed by atoms with Gasteiger partial charge in [0.15, 0.2) is 11.4 Å². The van der Waals surface area contributed by atoms with Crippen molar-refractivity contribution in [3.63, 3.8) is 0 Å². The fraction of sp³-hybridized carbons (Fsp3) is 0.435. The van der Waals surface area contributed by atoms with Crippen LogP contribution in [0.1, 0.15) is 48.5 Å². The third-order valence-corrected chi connectivity index (χ3v) is 7.64. The minimum Gasteiger partial charge on any atom is -0.511 e. The number of amides is 1. The number of ether oxygens (including phenoxy) is 1. The first kappa shape index (κ1) is 22.8. The molecule has 9 heteroatoms. The van der Waals surface area contributed by atoms with E-state index in [9.17, 15) is 29.7 Å². The van der Waals surface area contributed by atoms with Crippen LogP contribution in [0.3, 0.4) is 0 Å². The number of carbonyl (C=O) groups excluding carboxylic acids is 3. The average Bonchev–Trinajstić information content (AvgIpc) is 2.72. The Morgan fingerprint density at radius 3 is 2.66 bits per heavy atom. The van der Waals surface area contributed by atoms with Gasteiger partial charge in [-0.2, -0.15) is 0 Å². The van der Waals surface area contributed by atoms with Gasteiger partial charge >= 0.3 is 0 Å². The van der Waals surface area contributed by atoms with E-state index in [-0.39, 0.29) is 18.4 Å². The number of rotatable bonds is 5. The van der Waals surface area contributed by atoms with Gasteiger partial charge in [0, 0.05) is 21.5 Å². The number of nitrogens with two attached hydrogens (primary N) is 1. The van der Waals surface area contributed by atoms with E-state index in [0.717, 1.165) is 22.0 Å². The highest BCUT2D eigenvalue weighted by atomic mass is 127. The van der Waals surface area contributed by atoms with Crippen molar-refractivity contribution in [1.29, 1.82) is 0 Å². The highest BCUT2D eigenvalue weighted by molar-refractivity contribution is 14.1. The molecule has 1 amide bonds. The molecule has 0 bridgehead atoms. The molecule has 170 valence electrons. The predicted molar refractivity (Wildman–Crippen MR) is 122 cm³/mol. The largest absolute Gasteiger partial charge is 0.511 e. The monoisotopic (exact) mass is 553 g/mol. The van der Waals surface area contributed by atoms with Crippen LogP contribution in [0.5, 0.6) is 5.75 Å². The Morgan fingerprint density at radius 2 is 2.00 bits per heavy atom. The molecule has 8 nitrogen and oxygen atoms in total. The SMILES string of the molecule is CCCCOc1ccc(I)c2c1C(=O)C1=C(O)[C@]3(O)C(=O)C(C(N)=O)=C(O)C[C@@H]3C[C@@H]1C2. The van der Waals surface area contributed by atoms with Gasteiger partial charge in [-0.05, 0) is 65.5 Å². The summed E-state index contributed by atoms with van der Waals surface area (Å²) in [6.45, 7) is 2.46. The summed E-state index contributed by atoms with van der Waals surface area (Å²) >= 11 is 2.15. The number of primary amides is 1. The maximum atomic E-state index is 13.6. The number of hydrogen-bond donors (Lipinski definition) is 4. The Bertz CT molecular complexity index is 1110. The summed E-state index contributed by atoms with van der Waals surface area (Å²) in [7, 11) is 0. The topological polar surface area (TPSA) is 147 Å². The molecular formula is C23H24INO7. The highest BCUT2D eigenvalue weighted by Crippen LogP contribution is 2.51. The number of carbonyl (C=O) groups is 3. The van der Waals surface area contributed by atoms with Crippen LogP contribution < -0.4 is 10.5 Å². The van der Waals surface area contributed by atoms with Crippen LogP contribution in [-0.4, -0.2) is 45.0 Å². The predicted octanol–water partition coefficient (Wildman–Crippen LogP) is 2.66. The summed E-state index contributed by atoms with van der Waals surface area (Å²) in [4.78, 5) is 38.3. The smallest absolute Gasteiger partial charge is 0.255 e. The molecule has 0 radical (unpaired) electrons. The van der Waals surface area contributed by atoms with E-state index in [1.54, 1.807) is 6.07 Å². The van der Waals surface area contributed by atoms with Gasteiger partial charge in [0.25, 0.3) is 5.91 Å². The van der Waals surface area contributed by atoms with E-state index in [0.29, 0.717) is 24.3 Å². The quantitative estimate of drug-likeness (QED) is 0.249. The van der Waals surface area contributed by atoms with Crippen LogP contribution in [0, 0.1) is 15.4 Å². The highest BCUT2D eigenvalue weighted by Gasteiger charge is 2.59. The number of Topliss-reactive ketones (excluding diaryl/α,β-unsaturated/α-hetero) is 2. The molecule has 0 aromatic heterocycles. The normalized spacial score (nSPS) is 27.1. The molecule has 0 unspecified atom stereocenters. The van der Waals surface area contributed by atoms with Gasteiger partial charge in [-0.25, -0.2) is 0 Å². The van der Waals surface area contributed by atoms with E-state index in [1.807, 2.05) is 13.0 Å². The number of halogens is 1. The van der Waals surface area contributed by atoms with Crippen LogP contribution in [0.2, 0.25) is 0 Å². The molecule has 3 aliphatic carbocycles. The number of hydrogen-bond acceptors (Lipinski definition) is 7. The second kappa shape index (κ2) is 8.18. The van der Waals surface area contributed by atoms with Crippen molar-refractivity contribution in [2.75, 3.05) is 6.61 Å². The fourth-order valence-corrected chi connectivity index (χ4v) is 5.68. The summed E-state index contributed by atoms with van der Waals surface area (Å²) in [6, 6.07) is 3.59. The maximum absolute atomic E-state index is 13.6. The summed E-state index contributed by atoms with van der Waals surface area (Å²) in [5.74, 6) is -5.07. The van der Waals surface area contributed by atoms with Crippen LogP contribution in [0.15, 0.2) is 34.8 Å². The molecule has 3 atom stereocenters. The van der Waals surface area contributed by atoms with Gasteiger partial charge in [-0.1, -0.05) is 13.3 Å². The molecule has 0 spiro atoms. The third-order valence-electron chi connectivity index (χ3n) is 6.63. The number of allylic oxidation sites excluding steroid dienone is 2. The maximum Gasteiger partial charge on any atom is 0.255 e. The molecule has 0 heterocycles. The first-order valence-electron chi connectivity index (χ1n) is 10.5. The van der Waals surface area contributed by atoms with Crippen LogP contribution >= 0.6 is 22.6 Å². The van der Waals surface area contributed by atoms with Crippen molar-refractivity contribution in [2.24, 2.45) is 17.6 Å². The summed E-state index contributed by atoms with van der Waals surface area (Å²) < 4.78 is 6.72. The zero-order valence-electron chi connectivity index (χ0n) is 17.5. The molecule has 1 aromatic carbocycles. The Morgan fingerprint density at radius 1 is 1.28 bits per heavy atom. The third kappa shape index (κ3) is 3.24. The van der Waals surface area contributed by atoms with E-state index >= 15 is 0 Å². The number of aliphatic hydroxyl groups excluding tert-OH is 2. The lowest BCUT2D eigenvalue weighted by molar-refractivity contribution is -0.144. The molecule has 4 rings (SSSR count). The zero-order valence-corrected chi connectivity index (χ0v) is 19.6. The van der Waals surface area contributed by atoms with Crippen LogP contribution in [-0.2, 0) is 16.0 Å². The molecule has 1 aromatic rings. The van der Waals surface area contributed by atoms with Crippen LogP contribution in [0.25, 0.3) is 0 Å². The number of unbranched alkanes of at least 4 members (excludes halogenated alkanes) is 1. The van der Waals surface area contributed by atoms with Gasteiger partial charge in [0.05, 0.1) is 12.2 Å². The van der Waals surface area contributed by atoms with Crippen molar-refractivity contribution in [3.8, 4) is 5.75 Å². The van der Waals surface area contributed by atoms with Gasteiger partial charge in [0.1, 0.15) is 22.8 Å². The molecule has 32 heavy (non-hydrogen) atoms. The molecule has 0 saturated heterocycles. The molecule has 0 fully saturated rings. The molecular weight excluding hydrogens is 529 g/mol. The molecule has 0 aliphatic heterocycles. The lowest BCUT2D eigenvalue weighted by Gasteiger charge is -2.45. The van der Waals surface area contributed by atoms with E-state index in [2.05, 4.69) is 22.6 Å². The first-order chi connectivity index (χ1) is 15.1. The van der Waals surface area contributed by atoms with Crippen molar-refractivity contribution in [2.45, 2.75) is 44.6 Å². The number of aliphatic hydroxyl groups is 3. The Balaban J connectivity index is 1.84. The van der Waals surface area contributed by atoms with E-state index < -0.39 is 52.0 Å². The van der Waals surface area contributed by atoms with Gasteiger partial charge in [0.2, 0.25) is 5.78 Å². The van der Waals surface area contributed by atoms with Crippen molar-refractivity contribution < 1.29 is 34.4 Å². The standard InChI is InChI=1S/C23H24INO7/c1-2-3-6-32-15-5-4-13(24)12-8-10-7-11-9-14(26)18(22(25)30)21(29)23(11,31)20(28)16(10)19(27)17(12)15/h4-5,10-11,26,28,31H,2-3,6-9H2,1H3,(H2,25,30)/t10-,11+,23+/m1/s1. The lowest BCUT2D eigenvalue weighted by atomic mass is 9.60. The summed E-state index contributed by atoms with van der Waals surface area (Å²) in [5.41, 5.74) is 3.08. The zero-order chi connectivity index (χ0) is 23.4. The fourth-order valence-electron chi connectivity index (χ4n) is 5.01. The van der Waals surface area contributed by atoms with E-state index in [4.69, 9.17) is 10.5 Å². The Hall–Kier alpha value is -2.40. The Labute approximate surface area is 198 Å². The van der Waals surface area contributed by atoms with Gasteiger partial charge in [-0.15, -0.1) is 0 Å². The summed E-state index contributed by atoms with van der Waals surface area (Å²) in [6.07, 6.45) is 2.13. The number of ketones is 2. The average molecular weight is 553 g/mol. The van der Waals surface area contributed by atoms with Crippen molar-refractivity contribution in [1.82, 2.24) is 0 Å². The minimum absolute atomic E-state index is 0.0443.